The maximum absolute atomic E-state index is 10.9. The van der Waals surface area contributed by atoms with Gasteiger partial charge in [-0.2, -0.15) is 0 Å². The number of nitro groups is 1. The fraction of sp³-hybridized carbons (Fsp3) is 0.600. The Labute approximate surface area is 114 Å². The number of morpholine rings is 1. The SMILES string of the molecule is O=[N+]([O-])c1c(Cl)ncnc1NCCN1CCOCC1. The Bertz CT molecular complexity index is 453. The fourth-order valence-electron chi connectivity index (χ4n) is 1.81. The molecule has 0 aliphatic carbocycles. The van der Waals surface area contributed by atoms with Gasteiger partial charge in [-0.05, 0) is 0 Å². The molecule has 19 heavy (non-hydrogen) atoms. The van der Waals surface area contributed by atoms with Crippen LogP contribution in [0.5, 0.6) is 0 Å². The van der Waals surface area contributed by atoms with E-state index in [9.17, 15) is 10.1 Å². The molecule has 104 valence electrons. The lowest BCUT2D eigenvalue weighted by atomic mass is 10.4. The number of rotatable bonds is 5. The third-order valence-corrected chi connectivity index (χ3v) is 3.06. The van der Waals surface area contributed by atoms with E-state index in [1.165, 1.54) is 6.33 Å². The summed E-state index contributed by atoms with van der Waals surface area (Å²) in [5.41, 5.74) is -0.286. The molecular formula is C10H14ClN5O3. The lowest BCUT2D eigenvalue weighted by Gasteiger charge is -2.26. The summed E-state index contributed by atoms with van der Waals surface area (Å²) >= 11 is 5.69. The van der Waals surface area contributed by atoms with Crippen LogP contribution in [0.2, 0.25) is 5.15 Å². The van der Waals surface area contributed by atoms with Crippen molar-refractivity contribution < 1.29 is 9.66 Å². The van der Waals surface area contributed by atoms with E-state index in [-0.39, 0.29) is 16.7 Å². The fourth-order valence-corrected chi connectivity index (χ4v) is 2.01. The smallest absolute Gasteiger partial charge is 0.348 e. The summed E-state index contributed by atoms with van der Waals surface area (Å²) in [6.07, 6.45) is 1.20. The Balaban J connectivity index is 1.92. The van der Waals surface area contributed by atoms with Crippen molar-refractivity contribution in [1.29, 1.82) is 0 Å². The first-order valence-electron chi connectivity index (χ1n) is 5.87. The van der Waals surface area contributed by atoms with Crippen molar-refractivity contribution in [3.05, 3.63) is 21.6 Å². The minimum Gasteiger partial charge on any atom is -0.379 e. The normalized spacial score (nSPS) is 16.3. The highest BCUT2D eigenvalue weighted by Crippen LogP contribution is 2.27. The number of hydrogen-bond acceptors (Lipinski definition) is 7. The third-order valence-electron chi connectivity index (χ3n) is 2.78. The zero-order valence-corrected chi connectivity index (χ0v) is 11.0. The molecule has 1 aliphatic rings. The van der Waals surface area contributed by atoms with Crippen LogP contribution >= 0.6 is 11.6 Å². The van der Waals surface area contributed by atoms with E-state index in [0.717, 1.165) is 32.8 Å². The molecule has 0 bridgehead atoms. The van der Waals surface area contributed by atoms with Crippen molar-refractivity contribution >= 4 is 23.1 Å². The molecule has 9 heteroatoms. The van der Waals surface area contributed by atoms with Gasteiger partial charge in [0.2, 0.25) is 11.0 Å². The van der Waals surface area contributed by atoms with Crippen molar-refractivity contribution in [3.8, 4) is 0 Å². The molecule has 1 saturated heterocycles. The molecule has 0 amide bonds. The topological polar surface area (TPSA) is 93.4 Å². The zero-order valence-electron chi connectivity index (χ0n) is 10.2. The molecule has 1 aromatic heterocycles. The number of halogens is 1. The summed E-state index contributed by atoms with van der Waals surface area (Å²) in [5, 5.41) is 13.6. The molecule has 0 atom stereocenters. The summed E-state index contributed by atoms with van der Waals surface area (Å²) < 4.78 is 5.24. The van der Waals surface area contributed by atoms with Gasteiger partial charge in [0.05, 0.1) is 18.1 Å². The molecule has 8 nitrogen and oxygen atoms in total. The predicted molar refractivity (Wildman–Crippen MR) is 69.4 cm³/mol. The van der Waals surface area contributed by atoms with Crippen LogP contribution in [0.25, 0.3) is 0 Å². The molecule has 1 aromatic rings. The first kappa shape index (κ1) is 13.9. The summed E-state index contributed by atoms with van der Waals surface area (Å²) in [6, 6.07) is 0. The quantitative estimate of drug-likeness (QED) is 0.486. The van der Waals surface area contributed by atoms with Crippen LogP contribution in [0, 0.1) is 10.1 Å². The highest BCUT2D eigenvalue weighted by Gasteiger charge is 2.21. The van der Waals surface area contributed by atoms with E-state index in [0.29, 0.717) is 6.54 Å². The first-order valence-corrected chi connectivity index (χ1v) is 6.25. The Morgan fingerprint density at radius 2 is 2.21 bits per heavy atom. The number of nitrogens with one attached hydrogen (secondary N) is 1. The molecule has 0 aromatic carbocycles. The molecule has 0 spiro atoms. The first-order chi connectivity index (χ1) is 9.18. The van der Waals surface area contributed by atoms with E-state index in [1.54, 1.807) is 0 Å². The van der Waals surface area contributed by atoms with Gasteiger partial charge in [0.15, 0.2) is 0 Å². The number of nitrogens with zero attached hydrogens (tertiary/aromatic N) is 4. The van der Waals surface area contributed by atoms with Crippen molar-refractivity contribution in [1.82, 2.24) is 14.9 Å². The largest absolute Gasteiger partial charge is 0.379 e. The maximum atomic E-state index is 10.9. The molecule has 2 heterocycles. The molecule has 2 rings (SSSR count). The van der Waals surface area contributed by atoms with Crippen molar-refractivity contribution in [3.63, 3.8) is 0 Å². The monoisotopic (exact) mass is 287 g/mol. The molecule has 1 N–H and O–H groups in total. The second-order valence-corrected chi connectivity index (χ2v) is 4.36. The van der Waals surface area contributed by atoms with Crippen LogP contribution in [0.1, 0.15) is 0 Å². The van der Waals surface area contributed by atoms with Crippen LogP contribution in [0.15, 0.2) is 6.33 Å². The van der Waals surface area contributed by atoms with Crippen LogP contribution in [-0.2, 0) is 4.74 Å². The average Bonchev–Trinajstić information content (AvgIpc) is 2.39. The van der Waals surface area contributed by atoms with Crippen LogP contribution in [-0.4, -0.2) is 59.2 Å². The summed E-state index contributed by atoms with van der Waals surface area (Å²) in [6.45, 7) is 4.50. The standard InChI is InChI=1S/C10H14ClN5O3/c11-9-8(16(17)18)10(14-7-13-9)12-1-2-15-3-5-19-6-4-15/h7H,1-6H2,(H,12,13,14). The Morgan fingerprint density at radius 1 is 1.47 bits per heavy atom. The lowest BCUT2D eigenvalue weighted by molar-refractivity contribution is -0.384. The van der Waals surface area contributed by atoms with Crippen molar-refractivity contribution in [2.24, 2.45) is 0 Å². The predicted octanol–water partition coefficient (Wildman–Crippen LogP) is 0.782. The van der Waals surface area contributed by atoms with Crippen molar-refractivity contribution in [2.45, 2.75) is 0 Å². The van der Waals surface area contributed by atoms with Gasteiger partial charge in [0.1, 0.15) is 6.33 Å². The minimum atomic E-state index is -0.584. The molecule has 0 radical (unpaired) electrons. The van der Waals surface area contributed by atoms with Gasteiger partial charge in [0.25, 0.3) is 0 Å². The van der Waals surface area contributed by atoms with E-state index in [4.69, 9.17) is 16.3 Å². The number of ether oxygens (including phenoxy) is 1. The zero-order chi connectivity index (χ0) is 13.7. The van der Waals surface area contributed by atoms with E-state index in [1.807, 2.05) is 0 Å². The Hall–Kier alpha value is -1.51. The molecule has 0 unspecified atom stereocenters. The molecule has 1 aliphatic heterocycles. The van der Waals surface area contributed by atoms with Crippen molar-refractivity contribution in [2.75, 3.05) is 44.7 Å². The summed E-state index contributed by atoms with van der Waals surface area (Å²) in [5.74, 6) is 0.151. The number of aromatic nitrogens is 2. The second-order valence-electron chi connectivity index (χ2n) is 4.00. The van der Waals surface area contributed by atoms with Crippen LogP contribution in [0.4, 0.5) is 11.5 Å². The minimum absolute atomic E-state index is 0.151. The number of anilines is 1. The van der Waals surface area contributed by atoms with Gasteiger partial charge < -0.3 is 10.1 Å². The summed E-state index contributed by atoms with van der Waals surface area (Å²) in [4.78, 5) is 20.0. The van der Waals surface area contributed by atoms with Gasteiger partial charge in [-0.15, -0.1) is 0 Å². The highest BCUT2D eigenvalue weighted by molar-refractivity contribution is 6.31. The lowest BCUT2D eigenvalue weighted by Crippen LogP contribution is -2.39. The van der Waals surface area contributed by atoms with E-state index in [2.05, 4.69) is 20.2 Å². The summed E-state index contributed by atoms with van der Waals surface area (Å²) in [7, 11) is 0. The van der Waals surface area contributed by atoms with Gasteiger partial charge in [-0.1, -0.05) is 11.6 Å². The second kappa shape index (κ2) is 6.60. The highest BCUT2D eigenvalue weighted by atomic mass is 35.5. The van der Waals surface area contributed by atoms with Gasteiger partial charge in [0, 0.05) is 26.2 Å². The Kier molecular flexibility index (Phi) is 4.83. The average molecular weight is 288 g/mol. The van der Waals surface area contributed by atoms with Gasteiger partial charge in [-0.25, -0.2) is 9.97 Å². The van der Waals surface area contributed by atoms with E-state index < -0.39 is 4.92 Å². The third kappa shape index (κ3) is 3.72. The molecular weight excluding hydrogens is 274 g/mol. The number of hydrogen-bond donors (Lipinski definition) is 1. The van der Waals surface area contributed by atoms with Crippen LogP contribution in [0.3, 0.4) is 0 Å². The Morgan fingerprint density at radius 3 is 2.89 bits per heavy atom. The van der Waals surface area contributed by atoms with Crippen LogP contribution < -0.4 is 5.32 Å². The molecule has 0 saturated carbocycles. The van der Waals surface area contributed by atoms with E-state index >= 15 is 0 Å². The van der Waals surface area contributed by atoms with Gasteiger partial charge >= 0.3 is 5.69 Å². The van der Waals surface area contributed by atoms with Gasteiger partial charge in [-0.3, -0.25) is 15.0 Å². The molecule has 1 fully saturated rings. The maximum Gasteiger partial charge on any atom is 0.348 e.